The summed E-state index contributed by atoms with van der Waals surface area (Å²) in [4.78, 5) is 21.7. The lowest BCUT2D eigenvalue weighted by Crippen LogP contribution is -2.26. The molecular formula is C15H18N4O4. The Balaban J connectivity index is 1.68. The average molecular weight is 318 g/mol. The number of aryl methyl sites for hydroxylation is 1. The Labute approximate surface area is 132 Å². The van der Waals surface area contributed by atoms with Gasteiger partial charge in [0.05, 0.1) is 11.0 Å². The highest BCUT2D eigenvalue weighted by atomic mass is 16.6. The number of nitrogens with zero attached hydrogens (tertiary/aromatic N) is 3. The fraction of sp³-hybridized carbons (Fsp3) is 0.333. The first-order valence-corrected chi connectivity index (χ1v) is 7.23. The van der Waals surface area contributed by atoms with Crippen molar-refractivity contribution >= 4 is 11.6 Å². The van der Waals surface area contributed by atoms with Crippen molar-refractivity contribution in [3.8, 4) is 0 Å². The minimum absolute atomic E-state index is 0.101. The fourth-order valence-electron chi connectivity index (χ4n) is 2.06. The second-order valence-corrected chi connectivity index (χ2v) is 5.03. The number of amides is 1. The minimum Gasteiger partial charge on any atom is -0.388 e. The number of aromatic nitrogens is 2. The van der Waals surface area contributed by atoms with Crippen LogP contribution in [0.2, 0.25) is 0 Å². The van der Waals surface area contributed by atoms with E-state index in [9.17, 15) is 20.0 Å². The summed E-state index contributed by atoms with van der Waals surface area (Å²) in [5.41, 5.74) is 0.710. The van der Waals surface area contributed by atoms with Crippen molar-refractivity contribution in [2.75, 3.05) is 6.54 Å². The van der Waals surface area contributed by atoms with Crippen molar-refractivity contribution in [2.45, 2.75) is 25.5 Å². The second kappa shape index (κ2) is 8.04. The molecule has 0 fully saturated rings. The number of rotatable bonds is 8. The van der Waals surface area contributed by atoms with Gasteiger partial charge in [-0.25, -0.2) is 0 Å². The smallest absolute Gasteiger partial charge is 0.306 e. The number of benzene rings is 1. The molecule has 0 spiro atoms. The van der Waals surface area contributed by atoms with Gasteiger partial charge in [0.25, 0.3) is 0 Å². The first-order chi connectivity index (χ1) is 11.1. The normalized spacial score (nSPS) is 11.9. The maximum atomic E-state index is 11.7. The van der Waals surface area contributed by atoms with Crippen molar-refractivity contribution < 1.29 is 14.8 Å². The number of aliphatic hydroxyl groups excluding tert-OH is 1. The standard InChI is InChI=1S/C15H18N4O4/c20-14(12-4-2-1-3-5-12)6-8-16-15(21)7-9-18-11-13(10-17-18)19(22)23/h1-5,10-11,14,20H,6-9H2,(H,16,21). The second-order valence-electron chi connectivity index (χ2n) is 5.03. The molecule has 122 valence electrons. The third-order valence-electron chi connectivity index (χ3n) is 3.32. The lowest BCUT2D eigenvalue weighted by atomic mass is 10.1. The molecule has 1 aromatic heterocycles. The third-order valence-corrected chi connectivity index (χ3v) is 3.32. The molecular weight excluding hydrogens is 300 g/mol. The van der Waals surface area contributed by atoms with Gasteiger partial charge >= 0.3 is 5.69 Å². The molecule has 1 amide bonds. The summed E-state index contributed by atoms with van der Waals surface area (Å²) < 4.78 is 1.36. The summed E-state index contributed by atoms with van der Waals surface area (Å²) in [6.07, 6.45) is 2.40. The van der Waals surface area contributed by atoms with Gasteiger partial charge < -0.3 is 10.4 Å². The number of aliphatic hydroxyl groups is 1. The van der Waals surface area contributed by atoms with Crippen LogP contribution in [0.15, 0.2) is 42.7 Å². The van der Waals surface area contributed by atoms with E-state index in [1.807, 2.05) is 30.3 Å². The zero-order chi connectivity index (χ0) is 16.7. The number of hydrogen-bond donors (Lipinski definition) is 2. The Morgan fingerprint density at radius 3 is 2.78 bits per heavy atom. The Morgan fingerprint density at radius 2 is 2.13 bits per heavy atom. The van der Waals surface area contributed by atoms with Gasteiger partial charge in [-0.3, -0.25) is 19.6 Å². The van der Waals surface area contributed by atoms with E-state index in [0.29, 0.717) is 13.0 Å². The highest BCUT2D eigenvalue weighted by Gasteiger charge is 2.10. The van der Waals surface area contributed by atoms with E-state index >= 15 is 0 Å². The fourth-order valence-corrected chi connectivity index (χ4v) is 2.06. The third kappa shape index (κ3) is 5.19. The molecule has 0 saturated carbocycles. The van der Waals surface area contributed by atoms with Crippen LogP contribution >= 0.6 is 0 Å². The van der Waals surface area contributed by atoms with Crippen LogP contribution in [0.4, 0.5) is 5.69 Å². The highest BCUT2D eigenvalue weighted by Crippen LogP contribution is 2.14. The Kier molecular flexibility index (Phi) is 5.81. The minimum atomic E-state index is -0.620. The van der Waals surface area contributed by atoms with Crippen LogP contribution in [0.5, 0.6) is 0 Å². The molecule has 23 heavy (non-hydrogen) atoms. The van der Waals surface area contributed by atoms with Crippen LogP contribution in [0.25, 0.3) is 0 Å². The van der Waals surface area contributed by atoms with E-state index in [-0.39, 0.29) is 24.6 Å². The Hall–Kier alpha value is -2.74. The maximum absolute atomic E-state index is 11.7. The molecule has 1 unspecified atom stereocenters. The molecule has 1 atom stereocenters. The number of nitro groups is 1. The summed E-state index contributed by atoms with van der Waals surface area (Å²) >= 11 is 0. The SMILES string of the molecule is O=C(CCn1cc([N+](=O)[O-])cn1)NCCC(O)c1ccccc1. The lowest BCUT2D eigenvalue weighted by Gasteiger charge is -2.11. The van der Waals surface area contributed by atoms with E-state index in [1.165, 1.54) is 10.9 Å². The largest absolute Gasteiger partial charge is 0.388 e. The molecule has 0 radical (unpaired) electrons. The first kappa shape index (κ1) is 16.6. The van der Waals surface area contributed by atoms with E-state index < -0.39 is 11.0 Å². The van der Waals surface area contributed by atoms with Gasteiger partial charge in [0.15, 0.2) is 0 Å². The van der Waals surface area contributed by atoms with Crippen molar-refractivity contribution in [1.29, 1.82) is 0 Å². The molecule has 0 saturated heterocycles. The van der Waals surface area contributed by atoms with Crippen LogP contribution < -0.4 is 5.32 Å². The number of hydrogen-bond acceptors (Lipinski definition) is 5. The molecule has 8 heteroatoms. The monoisotopic (exact) mass is 318 g/mol. The van der Waals surface area contributed by atoms with Gasteiger partial charge in [-0.15, -0.1) is 0 Å². The van der Waals surface area contributed by atoms with Gasteiger partial charge in [-0.1, -0.05) is 30.3 Å². The summed E-state index contributed by atoms with van der Waals surface area (Å²) in [7, 11) is 0. The van der Waals surface area contributed by atoms with E-state index in [0.717, 1.165) is 11.8 Å². The summed E-state index contributed by atoms with van der Waals surface area (Å²) in [5, 5.41) is 27.0. The van der Waals surface area contributed by atoms with Gasteiger partial charge in [-0.05, 0) is 12.0 Å². The summed E-state index contributed by atoms with van der Waals surface area (Å²) in [6.45, 7) is 0.620. The molecule has 0 aliphatic heterocycles. The van der Waals surface area contributed by atoms with E-state index in [2.05, 4.69) is 10.4 Å². The van der Waals surface area contributed by atoms with Gasteiger partial charge in [-0.2, -0.15) is 5.10 Å². The average Bonchev–Trinajstić information content (AvgIpc) is 3.03. The molecule has 2 N–H and O–H groups in total. The summed E-state index contributed by atoms with van der Waals surface area (Å²) in [6, 6.07) is 9.23. The highest BCUT2D eigenvalue weighted by molar-refractivity contribution is 5.75. The van der Waals surface area contributed by atoms with Crippen LogP contribution in [-0.4, -0.2) is 32.3 Å². The van der Waals surface area contributed by atoms with Crippen molar-refractivity contribution in [1.82, 2.24) is 15.1 Å². The number of carbonyl (C=O) groups is 1. The number of carbonyl (C=O) groups excluding carboxylic acids is 1. The zero-order valence-corrected chi connectivity index (χ0v) is 12.5. The maximum Gasteiger partial charge on any atom is 0.306 e. The molecule has 8 nitrogen and oxygen atoms in total. The molecule has 0 bridgehead atoms. The van der Waals surface area contributed by atoms with Gasteiger partial charge in [0.1, 0.15) is 12.4 Å². The molecule has 1 aromatic carbocycles. The quantitative estimate of drug-likeness (QED) is 0.565. The lowest BCUT2D eigenvalue weighted by molar-refractivity contribution is -0.385. The van der Waals surface area contributed by atoms with Crippen LogP contribution in [0.1, 0.15) is 24.5 Å². The van der Waals surface area contributed by atoms with Crippen molar-refractivity contribution in [3.63, 3.8) is 0 Å². The zero-order valence-electron chi connectivity index (χ0n) is 12.5. The van der Waals surface area contributed by atoms with Gasteiger partial charge in [0, 0.05) is 19.5 Å². The van der Waals surface area contributed by atoms with E-state index in [1.54, 1.807) is 0 Å². The Bertz CT molecular complexity index is 657. The Morgan fingerprint density at radius 1 is 1.39 bits per heavy atom. The van der Waals surface area contributed by atoms with Crippen LogP contribution in [0.3, 0.4) is 0 Å². The predicted molar refractivity (Wildman–Crippen MR) is 82.5 cm³/mol. The van der Waals surface area contributed by atoms with Crippen molar-refractivity contribution in [2.24, 2.45) is 0 Å². The van der Waals surface area contributed by atoms with E-state index in [4.69, 9.17) is 0 Å². The first-order valence-electron chi connectivity index (χ1n) is 7.23. The molecule has 0 aliphatic carbocycles. The molecule has 1 heterocycles. The molecule has 2 aromatic rings. The number of nitrogens with one attached hydrogen (secondary N) is 1. The van der Waals surface area contributed by atoms with Crippen LogP contribution in [0, 0.1) is 10.1 Å². The van der Waals surface area contributed by atoms with Crippen molar-refractivity contribution in [3.05, 3.63) is 58.4 Å². The molecule has 2 rings (SSSR count). The molecule has 0 aliphatic rings. The van der Waals surface area contributed by atoms with Gasteiger partial charge in [0.2, 0.25) is 5.91 Å². The summed E-state index contributed by atoms with van der Waals surface area (Å²) in [5.74, 6) is -0.191. The van der Waals surface area contributed by atoms with Crippen LogP contribution in [-0.2, 0) is 11.3 Å². The topological polar surface area (TPSA) is 110 Å². The predicted octanol–water partition coefficient (Wildman–Crippen LogP) is 1.42.